The van der Waals surface area contributed by atoms with E-state index in [9.17, 15) is 0 Å². The van der Waals surface area contributed by atoms with Crippen molar-refractivity contribution in [2.24, 2.45) is 11.1 Å². The number of unbranched alkanes of at least 4 members (excludes halogenated alkanes) is 1. The van der Waals surface area contributed by atoms with Gasteiger partial charge < -0.3 is 4.84 Å². The lowest BCUT2D eigenvalue weighted by molar-refractivity contribution is -0.892. The summed E-state index contributed by atoms with van der Waals surface area (Å²) in [7, 11) is 1.53. The number of pyridine rings is 1. The average molecular weight is 265 g/mol. The fourth-order valence-corrected chi connectivity index (χ4v) is 1.80. The van der Waals surface area contributed by atoms with Gasteiger partial charge in [0.25, 0.3) is 0 Å². The third-order valence-electron chi connectivity index (χ3n) is 3.14. The van der Waals surface area contributed by atoms with Crippen LogP contribution in [0.1, 0.15) is 45.1 Å². The molecule has 4 heteroatoms. The van der Waals surface area contributed by atoms with E-state index >= 15 is 0 Å². The molecule has 4 nitrogen and oxygen atoms in total. The van der Waals surface area contributed by atoms with Crippen LogP contribution < -0.4 is 9.57 Å². The van der Waals surface area contributed by atoms with Gasteiger partial charge in [-0.3, -0.25) is 4.84 Å². The van der Waals surface area contributed by atoms with E-state index < -0.39 is 0 Å². The van der Waals surface area contributed by atoms with Crippen molar-refractivity contribution in [2.75, 3.05) is 13.7 Å². The molecule has 106 valence electrons. The van der Waals surface area contributed by atoms with Gasteiger partial charge in [0.2, 0.25) is 12.4 Å². The largest absolute Gasteiger partial charge is 0.399 e. The zero-order valence-corrected chi connectivity index (χ0v) is 12.2. The molecule has 1 atom stereocenters. The number of hydrogen-bond donors (Lipinski definition) is 0. The highest BCUT2D eigenvalue weighted by molar-refractivity contribution is 5.78. The highest BCUT2D eigenvalue weighted by atomic mass is 16.7. The van der Waals surface area contributed by atoms with Crippen LogP contribution in [-0.4, -0.2) is 19.9 Å². The van der Waals surface area contributed by atoms with E-state index in [4.69, 9.17) is 4.84 Å². The normalized spacial score (nSPS) is 12.6. The second-order valence-electron chi connectivity index (χ2n) is 4.62. The Bertz CT molecular complexity index is 363. The summed E-state index contributed by atoms with van der Waals surface area (Å²) in [6, 6.07) is 3.88. The predicted octanol–water partition coefficient (Wildman–Crippen LogP) is 2.60. The zero-order valence-electron chi connectivity index (χ0n) is 12.2. The highest BCUT2D eigenvalue weighted by Gasteiger charge is 2.10. The Morgan fingerprint density at radius 2 is 2.05 bits per heavy atom. The number of rotatable bonds is 9. The summed E-state index contributed by atoms with van der Waals surface area (Å²) < 4.78 is 1.75. The van der Waals surface area contributed by atoms with E-state index in [1.807, 2.05) is 24.5 Å². The fraction of sp³-hybridized carbons (Fsp3) is 0.600. The van der Waals surface area contributed by atoms with Crippen molar-refractivity contribution >= 4 is 6.21 Å². The summed E-state index contributed by atoms with van der Waals surface area (Å²) in [5.74, 6) is 0.641. The van der Waals surface area contributed by atoms with E-state index in [-0.39, 0.29) is 0 Å². The van der Waals surface area contributed by atoms with E-state index in [1.165, 1.54) is 32.8 Å². The number of hydrogen-bond acceptors (Lipinski definition) is 3. The van der Waals surface area contributed by atoms with Gasteiger partial charge in [0.05, 0.1) is 6.21 Å². The van der Waals surface area contributed by atoms with Crippen molar-refractivity contribution in [1.82, 2.24) is 0 Å². The van der Waals surface area contributed by atoms with E-state index in [2.05, 4.69) is 23.8 Å². The third-order valence-corrected chi connectivity index (χ3v) is 3.14. The molecule has 19 heavy (non-hydrogen) atoms. The van der Waals surface area contributed by atoms with Crippen molar-refractivity contribution < 1.29 is 14.4 Å². The average Bonchev–Trinajstić information content (AvgIpc) is 2.46. The van der Waals surface area contributed by atoms with Crippen molar-refractivity contribution in [2.45, 2.75) is 39.5 Å². The van der Waals surface area contributed by atoms with Crippen LogP contribution in [0, 0.1) is 5.92 Å². The Kier molecular flexibility index (Phi) is 7.63. The maximum atomic E-state index is 5.76. The molecule has 0 bridgehead atoms. The standard InChI is InChI=1S/C15H25N2O2/c1-4-6-7-14(5-2)13-19-17-10-8-15(9-11-17)12-16-18-3/h8-12,14H,4-7,13H2,1-3H3/q+1/b16-12+. The van der Waals surface area contributed by atoms with Crippen LogP contribution in [0.25, 0.3) is 0 Å². The summed E-state index contributed by atoms with van der Waals surface area (Å²) in [6.45, 7) is 5.22. The molecule has 0 radical (unpaired) electrons. The molecular formula is C15H25N2O2+. The van der Waals surface area contributed by atoms with Gasteiger partial charge in [-0.15, -0.1) is 0 Å². The summed E-state index contributed by atoms with van der Waals surface area (Å²) >= 11 is 0. The lowest BCUT2D eigenvalue weighted by Gasteiger charge is -2.11. The van der Waals surface area contributed by atoms with Crippen LogP contribution >= 0.6 is 0 Å². The van der Waals surface area contributed by atoms with Gasteiger partial charge >= 0.3 is 0 Å². The topological polar surface area (TPSA) is 34.7 Å². The Morgan fingerprint density at radius 1 is 1.32 bits per heavy atom. The Morgan fingerprint density at radius 3 is 2.63 bits per heavy atom. The number of aromatic nitrogens is 1. The summed E-state index contributed by atoms with van der Waals surface area (Å²) in [5.41, 5.74) is 0.986. The minimum absolute atomic E-state index is 0.641. The molecule has 0 saturated carbocycles. The van der Waals surface area contributed by atoms with Crippen LogP contribution in [0.5, 0.6) is 0 Å². The zero-order chi connectivity index (χ0) is 13.9. The first kappa shape index (κ1) is 15.5. The fourth-order valence-electron chi connectivity index (χ4n) is 1.80. The molecule has 0 amide bonds. The van der Waals surface area contributed by atoms with Crippen molar-refractivity contribution in [1.29, 1.82) is 0 Å². The van der Waals surface area contributed by atoms with Crippen LogP contribution in [0.4, 0.5) is 0 Å². The van der Waals surface area contributed by atoms with Crippen molar-refractivity contribution in [3.63, 3.8) is 0 Å². The van der Waals surface area contributed by atoms with Gasteiger partial charge in [-0.2, -0.15) is 0 Å². The summed E-state index contributed by atoms with van der Waals surface area (Å²) in [4.78, 5) is 10.4. The molecule has 0 fully saturated rings. The monoisotopic (exact) mass is 265 g/mol. The maximum Gasteiger partial charge on any atom is 0.223 e. The summed E-state index contributed by atoms with van der Waals surface area (Å²) in [5, 5.41) is 3.72. The van der Waals surface area contributed by atoms with Crippen LogP contribution in [0.3, 0.4) is 0 Å². The SMILES string of the molecule is CCCCC(CC)CO[n+]1ccc(/C=N/OC)cc1. The second-order valence-corrected chi connectivity index (χ2v) is 4.62. The molecule has 0 spiro atoms. The molecule has 0 aliphatic heterocycles. The molecule has 1 unspecified atom stereocenters. The first-order valence-corrected chi connectivity index (χ1v) is 7.01. The Hall–Kier alpha value is -1.58. The van der Waals surface area contributed by atoms with Gasteiger partial charge in [-0.1, -0.05) is 31.8 Å². The molecule has 0 aliphatic carbocycles. The molecule has 1 aromatic heterocycles. The summed E-state index contributed by atoms with van der Waals surface area (Å²) in [6.07, 6.45) is 10.4. The third kappa shape index (κ3) is 6.22. The van der Waals surface area contributed by atoms with Crippen molar-refractivity contribution in [3.8, 4) is 0 Å². The first-order chi connectivity index (χ1) is 9.30. The molecular weight excluding hydrogens is 240 g/mol. The lowest BCUT2D eigenvalue weighted by atomic mass is 10.0. The van der Waals surface area contributed by atoms with Crippen LogP contribution in [-0.2, 0) is 4.84 Å². The van der Waals surface area contributed by atoms with Crippen LogP contribution in [0.2, 0.25) is 0 Å². The molecule has 0 aromatic carbocycles. The lowest BCUT2D eigenvalue weighted by Crippen LogP contribution is -2.44. The Balaban J connectivity index is 2.42. The van der Waals surface area contributed by atoms with E-state index in [1.54, 1.807) is 10.9 Å². The first-order valence-electron chi connectivity index (χ1n) is 7.01. The van der Waals surface area contributed by atoms with Gasteiger partial charge in [0.1, 0.15) is 7.11 Å². The quantitative estimate of drug-likeness (QED) is 0.391. The number of oxime groups is 1. The molecule has 1 heterocycles. The molecule has 0 N–H and O–H groups in total. The Labute approximate surface area is 116 Å². The van der Waals surface area contributed by atoms with E-state index in [0.29, 0.717) is 5.92 Å². The van der Waals surface area contributed by atoms with Gasteiger partial charge in [-0.25, -0.2) is 0 Å². The molecule has 0 aliphatic rings. The smallest absolute Gasteiger partial charge is 0.223 e. The minimum atomic E-state index is 0.641. The number of nitrogens with zero attached hydrogens (tertiary/aromatic N) is 2. The second kappa shape index (κ2) is 9.36. The van der Waals surface area contributed by atoms with Crippen LogP contribution in [0.15, 0.2) is 29.7 Å². The molecule has 0 saturated heterocycles. The maximum absolute atomic E-state index is 5.76. The minimum Gasteiger partial charge on any atom is -0.399 e. The highest BCUT2D eigenvalue weighted by Crippen LogP contribution is 2.11. The van der Waals surface area contributed by atoms with Gasteiger partial charge in [-0.05, 0) is 18.8 Å². The van der Waals surface area contributed by atoms with E-state index in [0.717, 1.165) is 12.2 Å². The predicted molar refractivity (Wildman–Crippen MR) is 76.0 cm³/mol. The van der Waals surface area contributed by atoms with Gasteiger partial charge in [0.15, 0.2) is 6.61 Å². The molecule has 1 aromatic rings. The van der Waals surface area contributed by atoms with Crippen molar-refractivity contribution in [3.05, 3.63) is 30.1 Å². The molecule has 1 rings (SSSR count). The van der Waals surface area contributed by atoms with Gasteiger partial charge in [0, 0.05) is 22.4 Å².